The zero-order chi connectivity index (χ0) is 23.7. The highest BCUT2D eigenvalue weighted by Gasteiger charge is 2.40. The molecule has 10 heteroatoms. The van der Waals surface area contributed by atoms with Gasteiger partial charge in [-0.2, -0.15) is 10.2 Å². The highest BCUT2D eigenvalue weighted by molar-refractivity contribution is 7.98. The predicted molar refractivity (Wildman–Crippen MR) is 127 cm³/mol. The number of aromatic amines is 1. The number of carbonyl (C=O) groups excluding carboxylic acids is 1. The lowest BCUT2D eigenvalue weighted by atomic mass is 9.79. The monoisotopic (exact) mass is 475 g/mol. The van der Waals surface area contributed by atoms with Crippen LogP contribution >= 0.6 is 11.8 Å². The second-order valence-corrected chi connectivity index (χ2v) is 8.73. The molecule has 1 aromatic heterocycles. The Balaban J connectivity index is 1.45. The van der Waals surface area contributed by atoms with Crippen LogP contribution in [0.5, 0.6) is 11.5 Å². The average molecular weight is 476 g/mol. The lowest BCUT2D eigenvalue weighted by Crippen LogP contribution is -2.38. The van der Waals surface area contributed by atoms with E-state index >= 15 is 0 Å². The van der Waals surface area contributed by atoms with Gasteiger partial charge in [0.05, 0.1) is 11.6 Å². The van der Waals surface area contributed by atoms with Crippen molar-refractivity contribution in [1.29, 1.82) is 5.26 Å². The zero-order valence-corrected chi connectivity index (χ0v) is 19.1. The fourth-order valence-corrected chi connectivity index (χ4v) is 4.56. The number of H-pyrrole nitrogens is 1. The van der Waals surface area contributed by atoms with Gasteiger partial charge in [-0.3, -0.25) is 14.6 Å². The van der Waals surface area contributed by atoms with E-state index in [1.54, 1.807) is 11.8 Å². The summed E-state index contributed by atoms with van der Waals surface area (Å²) in [5, 5.41) is 15.4. The summed E-state index contributed by atoms with van der Waals surface area (Å²) in [7, 11) is 0. The lowest BCUT2D eigenvalue weighted by Gasteiger charge is -2.28. The van der Waals surface area contributed by atoms with Crippen LogP contribution in [-0.4, -0.2) is 35.3 Å². The van der Waals surface area contributed by atoms with Crippen LogP contribution in [0.15, 0.2) is 52.2 Å². The number of nitrogens with one attached hydrogen (secondary N) is 3. The van der Waals surface area contributed by atoms with Gasteiger partial charge < -0.3 is 20.1 Å². The van der Waals surface area contributed by atoms with E-state index in [1.807, 2.05) is 54.8 Å². The minimum absolute atomic E-state index is 0.156. The quantitative estimate of drug-likeness (QED) is 0.480. The molecule has 34 heavy (non-hydrogen) atoms. The number of aromatic nitrogens is 2. The first kappa shape index (κ1) is 21.9. The summed E-state index contributed by atoms with van der Waals surface area (Å²) in [5.41, 5.74) is 1.48. The molecule has 0 saturated heterocycles. The molecule has 0 spiro atoms. The Bertz CT molecular complexity index is 1350. The van der Waals surface area contributed by atoms with Crippen LogP contribution < -0.4 is 25.7 Å². The standard InChI is InChI=1S/C24H21N5O4S/c1-34-15-5-3-14(4-6-15)19-16(11-25)22(30)27-21-20(19)23(31)29-24(28-21)26-12-13-2-7-17-18(10-13)33-9-8-32-17/h2-7,10,16,19H,8-9,12H2,1H3,(H3,26,27,28,29,30,31). The van der Waals surface area contributed by atoms with E-state index in [0.717, 1.165) is 10.5 Å². The maximum atomic E-state index is 13.1. The zero-order valence-electron chi connectivity index (χ0n) is 18.3. The van der Waals surface area contributed by atoms with Crippen LogP contribution in [0.25, 0.3) is 0 Å². The molecule has 0 saturated carbocycles. The molecule has 2 aromatic carbocycles. The molecule has 172 valence electrons. The van der Waals surface area contributed by atoms with Gasteiger partial charge in [0.15, 0.2) is 11.5 Å². The fourth-order valence-electron chi connectivity index (χ4n) is 4.15. The number of carbonyl (C=O) groups is 1. The maximum absolute atomic E-state index is 13.1. The molecular formula is C24H21N5O4S. The summed E-state index contributed by atoms with van der Waals surface area (Å²) in [6.07, 6.45) is 1.96. The summed E-state index contributed by atoms with van der Waals surface area (Å²) in [5.74, 6) is -0.497. The lowest BCUT2D eigenvalue weighted by molar-refractivity contribution is -0.119. The number of nitriles is 1. The Morgan fingerprint density at radius 2 is 1.91 bits per heavy atom. The van der Waals surface area contributed by atoms with Crippen molar-refractivity contribution in [2.45, 2.75) is 17.4 Å². The third-order valence-corrected chi connectivity index (χ3v) is 6.55. The average Bonchev–Trinajstić information content (AvgIpc) is 2.86. The number of fused-ring (bicyclic) bond motifs is 2. The summed E-state index contributed by atoms with van der Waals surface area (Å²) in [4.78, 5) is 34.1. The van der Waals surface area contributed by atoms with Gasteiger partial charge in [0.2, 0.25) is 11.9 Å². The van der Waals surface area contributed by atoms with Gasteiger partial charge in [-0.25, -0.2) is 0 Å². The molecule has 0 aliphatic carbocycles. The number of hydrogen-bond acceptors (Lipinski definition) is 8. The van der Waals surface area contributed by atoms with Crippen molar-refractivity contribution in [2.24, 2.45) is 5.92 Å². The van der Waals surface area contributed by atoms with Crippen LogP contribution in [0.4, 0.5) is 11.8 Å². The Labute approximate surface area is 199 Å². The molecule has 0 bridgehead atoms. The van der Waals surface area contributed by atoms with Crippen molar-refractivity contribution < 1.29 is 14.3 Å². The molecular weight excluding hydrogens is 454 g/mol. The Kier molecular flexibility index (Phi) is 5.86. The van der Waals surface area contributed by atoms with Gasteiger partial charge in [0.1, 0.15) is 24.9 Å². The highest BCUT2D eigenvalue weighted by atomic mass is 32.2. The molecule has 2 unspecified atom stereocenters. The molecule has 9 nitrogen and oxygen atoms in total. The first-order valence-corrected chi connectivity index (χ1v) is 11.9. The number of thioether (sulfide) groups is 1. The van der Waals surface area contributed by atoms with Crippen molar-refractivity contribution in [3.8, 4) is 17.6 Å². The van der Waals surface area contributed by atoms with E-state index in [-0.39, 0.29) is 17.3 Å². The first-order chi connectivity index (χ1) is 16.6. The number of anilines is 2. The van der Waals surface area contributed by atoms with Crippen LogP contribution in [0.1, 0.15) is 22.6 Å². The molecule has 5 rings (SSSR count). The van der Waals surface area contributed by atoms with Gasteiger partial charge in [-0.15, -0.1) is 11.8 Å². The van der Waals surface area contributed by atoms with Crippen molar-refractivity contribution in [1.82, 2.24) is 9.97 Å². The molecule has 3 heterocycles. The highest BCUT2D eigenvalue weighted by Crippen LogP contribution is 2.38. The Morgan fingerprint density at radius 3 is 2.65 bits per heavy atom. The van der Waals surface area contributed by atoms with Gasteiger partial charge in [0.25, 0.3) is 5.56 Å². The Morgan fingerprint density at radius 1 is 1.15 bits per heavy atom. The van der Waals surface area contributed by atoms with Crippen molar-refractivity contribution in [2.75, 3.05) is 30.1 Å². The largest absolute Gasteiger partial charge is 0.486 e. The summed E-state index contributed by atoms with van der Waals surface area (Å²) >= 11 is 1.59. The molecule has 2 atom stereocenters. The van der Waals surface area contributed by atoms with E-state index in [9.17, 15) is 14.9 Å². The maximum Gasteiger partial charge on any atom is 0.258 e. The second-order valence-electron chi connectivity index (χ2n) is 7.86. The van der Waals surface area contributed by atoms with Gasteiger partial charge >= 0.3 is 0 Å². The number of rotatable bonds is 5. The number of nitrogens with zero attached hydrogens (tertiary/aromatic N) is 2. The van der Waals surface area contributed by atoms with E-state index < -0.39 is 23.3 Å². The van der Waals surface area contributed by atoms with Crippen molar-refractivity contribution in [3.05, 3.63) is 69.5 Å². The second kappa shape index (κ2) is 9.11. The summed E-state index contributed by atoms with van der Waals surface area (Å²) in [6, 6.07) is 15.2. The molecule has 2 aliphatic heterocycles. The van der Waals surface area contributed by atoms with Gasteiger partial charge in [0, 0.05) is 17.4 Å². The van der Waals surface area contributed by atoms with Gasteiger partial charge in [-0.1, -0.05) is 18.2 Å². The van der Waals surface area contributed by atoms with E-state index in [1.165, 1.54) is 0 Å². The minimum Gasteiger partial charge on any atom is -0.486 e. The molecule has 3 aromatic rings. The normalized spacial score (nSPS) is 18.4. The summed E-state index contributed by atoms with van der Waals surface area (Å²) < 4.78 is 11.1. The van der Waals surface area contributed by atoms with E-state index in [4.69, 9.17) is 9.47 Å². The topological polar surface area (TPSA) is 129 Å². The SMILES string of the molecule is CSc1ccc(C2c3c(nc(NCc4ccc5c(c4)OCCO5)[nH]c3=O)NC(=O)C2C#N)cc1. The van der Waals surface area contributed by atoms with Crippen LogP contribution in [0.2, 0.25) is 0 Å². The number of hydrogen-bond donors (Lipinski definition) is 3. The molecule has 0 radical (unpaired) electrons. The van der Waals surface area contributed by atoms with E-state index in [0.29, 0.717) is 36.8 Å². The fraction of sp³-hybridized carbons (Fsp3) is 0.250. The molecule has 2 aliphatic rings. The van der Waals surface area contributed by atoms with Crippen LogP contribution in [0, 0.1) is 17.2 Å². The minimum atomic E-state index is -1.04. The van der Waals surface area contributed by atoms with Crippen LogP contribution in [-0.2, 0) is 11.3 Å². The van der Waals surface area contributed by atoms with Gasteiger partial charge in [-0.05, 0) is 41.6 Å². The molecule has 1 amide bonds. The number of benzene rings is 2. The third kappa shape index (κ3) is 4.06. The van der Waals surface area contributed by atoms with Crippen LogP contribution in [0.3, 0.4) is 0 Å². The predicted octanol–water partition coefficient (Wildman–Crippen LogP) is 3.10. The Hall–Kier alpha value is -3.97. The first-order valence-electron chi connectivity index (χ1n) is 10.7. The number of ether oxygens (including phenoxy) is 2. The summed E-state index contributed by atoms with van der Waals surface area (Å²) in [6.45, 7) is 1.38. The molecule has 0 fully saturated rings. The van der Waals surface area contributed by atoms with E-state index in [2.05, 4.69) is 20.6 Å². The smallest absolute Gasteiger partial charge is 0.258 e. The third-order valence-electron chi connectivity index (χ3n) is 5.80. The van der Waals surface area contributed by atoms with Crippen molar-refractivity contribution >= 4 is 29.4 Å². The number of amides is 1. The van der Waals surface area contributed by atoms with Crippen molar-refractivity contribution in [3.63, 3.8) is 0 Å². The molecule has 3 N–H and O–H groups in total.